The molecule has 0 bridgehead atoms. The molecule has 0 saturated carbocycles. The summed E-state index contributed by atoms with van der Waals surface area (Å²) in [6, 6.07) is 4.83. The minimum atomic E-state index is -1.08. The molecule has 0 spiro atoms. The fraction of sp³-hybridized carbons (Fsp3) is 0.364. The predicted molar refractivity (Wildman–Crippen MR) is 60.8 cm³/mol. The first-order valence-electron chi connectivity index (χ1n) is 4.71. The normalized spacial score (nSPS) is 9.40. The van der Waals surface area contributed by atoms with E-state index in [2.05, 4.69) is 6.92 Å². The van der Waals surface area contributed by atoms with Crippen molar-refractivity contribution in [2.45, 2.75) is 26.2 Å². The Morgan fingerprint density at radius 1 is 1.40 bits per heavy atom. The van der Waals surface area contributed by atoms with E-state index < -0.39 is 5.97 Å². The number of carbonyl (C=O) groups is 1. The Morgan fingerprint density at radius 2 is 2.07 bits per heavy atom. The number of rotatable bonds is 4. The first-order valence-corrected chi connectivity index (χ1v) is 4.71. The number of hydrogen-bond donors (Lipinski definition) is 2. The van der Waals surface area contributed by atoms with E-state index in [1.165, 1.54) is 6.07 Å². The standard InChI is InChI=1S/C11H14O3.Na.H/c1-2-3-5-8-6-4-7-9(10(8)12)11(13)14;;/h4,6-7,12H,2-3,5H2,1H3,(H,13,14);;. The van der Waals surface area contributed by atoms with Gasteiger partial charge in [-0.15, -0.1) is 0 Å². The molecule has 0 aliphatic heterocycles. The molecule has 2 N–H and O–H groups in total. The fourth-order valence-corrected chi connectivity index (χ4v) is 1.33. The Morgan fingerprint density at radius 3 is 2.60 bits per heavy atom. The molecule has 3 nitrogen and oxygen atoms in total. The van der Waals surface area contributed by atoms with Gasteiger partial charge >= 0.3 is 35.5 Å². The number of para-hydroxylation sites is 1. The molecule has 4 heteroatoms. The van der Waals surface area contributed by atoms with Crippen LogP contribution in [0.2, 0.25) is 0 Å². The maximum atomic E-state index is 10.7. The molecule has 0 aromatic heterocycles. The SMILES string of the molecule is CCCCc1cccc(C(=O)O)c1O.[NaH]. The van der Waals surface area contributed by atoms with Crippen LogP contribution in [0.15, 0.2) is 18.2 Å². The molecular weight excluding hydrogens is 203 g/mol. The molecule has 0 atom stereocenters. The van der Waals surface area contributed by atoms with Gasteiger partial charge in [-0.1, -0.05) is 25.5 Å². The summed E-state index contributed by atoms with van der Waals surface area (Å²) in [7, 11) is 0. The summed E-state index contributed by atoms with van der Waals surface area (Å²) in [4.78, 5) is 10.7. The molecular formula is C11H15NaO3. The quantitative estimate of drug-likeness (QED) is 0.757. The molecule has 15 heavy (non-hydrogen) atoms. The summed E-state index contributed by atoms with van der Waals surface area (Å²) in [5.41, 5.74) is 0.699. The van der Waals surface area contributed by atoms with Crippen molar-refractivity contribution in [2.24, 2.45) is 0 Å². The fourth-order valence-electron chi connectivity index (χ4n) is 1.33. The van der Waals surface area contributed by atoms with E-state index in [-0.39, 0.29) is 40.9 Å². The van der Waals surface area contributed by atoms with Crippen LogP contribution < -0.4 is 0 Å². The van der Waals surface area contributed by atoms with Gasteiger partial charge in [0.25, 0.3) is 0 Å². The van der Waals surface area contributed by atoms with Crippen LogP contribution in [0.25, 0.3) is 0 Å². The third-order valence-electron chi connectivity index (χ3n) is 2.15. The Balaban J connectivity index is 0.00000196. The van der Waals surface area contributed by atoms with E-state index in [0.717, 1.165) is 19.3 Å². The van der Waals surface area contributed by atoms with Gasteiger partial charge in [-0.05, 0) is 24.5 Å². The van der Waals surface area contributed by atoms with Gasteiger partial charge in [-0.2, -0.15) is 0 Å². The van der Waals surface area contributed by atoms with Gasteiger partial charge in [0, 0.05) is 0 Å². The first-order chi connectivity index (χ1) is 6.66. The molecule has 0 fully saturated rings. The Labute approximate surface area is 111 Å². The number of carboxylic acids is 1. The summed E-state index contributed by atoms with van der Waals surface area (Å²) in [5, 5.41) is 18.4. The molecule has 0 radical (unpaired) electrons. The first kappa shape index (κ1) is 14.5. The number of unbranched alkanes of at least 4 members (excludes halogenated alkanes) is 1. The van der Waals surface area contributed by atoms with Crippen molar-refractivity contribution in [3.05, 3.63) is 29.3 Å². The van der Waals surface area contributed by atoms with Crippen LogP contribution in [0.5, 0.6) is 5.75 Å². The average Bonchev–Trinajstić information content (AvgIpc) is 2.16. The van der Waals surface area contributed by atoms with Crippen molar-refractivity contribution in [3.8, 4) is 5.75 Å². The van der Waals surface area contributed by atoms with Crippen LogP contribution in [0, 0.1) is 0 Å². The van der Waals surface area contributed by atoms with Crippen molar-refractivity contribution in [3.63, 3.8) is 0 Å². The Bertz CT molecular complexity index is 337. The van der Waals surface area contributed by atoms with Gasteiger partial charge in [-0.25, -0.2) is 4.79 Å². The third kappa shape index (κ3) is 3.86. The van der Waals surface area contributed by atoms with E-state index in [1.54, 1.807) is 12.1 Å². The molecule has 1 aromatic rings. The second kappa shape index (κ2) is 6.88. The molecule has 0 aliphatic carbocycles. The molecule has 0 heterocycles. The summed E-state index contributed by atoms with van der Waals surface area (Å²) in [6.07, 6.45) is 2.71. The summed E-state index contributed by atoms with van der Waals surface area (Å²) in [5.74, 6) is -1.17. The van der Waals surface area contributed by atoms with Crippen LogP contribution >= 0.6 is 0 Å². The number of aryl methyl sites for hydroxylation is 1. The monoisotopic (exact) mass is 218 g/mol. The van der Waals surface area contributed by atoms with Gasteiger partial charge in [0.15, 0.2) is 0 Å². The molecule has 1 rings (SSSR count). The van der Waals surface area contributed by atoms with Crippen LogP contribution in [-0.2, 0) is 6.42 Å². The molecule has 0 unspecified atom stereocenters. The molecule has 0 amide bonds. The predicted octanol–water partition coefficient (Wildman–Crippen LogP) is 1.78. The van der Waals surface area contributed by atoms with E-state index in [9.17, 15) is 9.90 Å². The third-order valence-corrected chi connectivity index (χ3v) is 2.15. The van der Waals surface area contributed by atoms with E-state index in [1.807, 2.05) is 0 Å². The summed E-state index contributed by atoms with van der Waals surface area (Å²) < 4.78 is 0. The number of benzene rings is 1. The second-order valence-electron chi connectivity index (χ2n) is 3.22. The second-order valence-corrected chi connectivity index (χ2v) is 3.22. The van der Waals surface area contributed by atoms with Gasteiger partial charge in [0.2, 0.25) is 0 Å². The van der Waals surface area contributed by atoms with Gasteiger partial charge in [-0.3, -0.25) is 0 Å². The molecule has 78 valence electrons. The Hall–Kier alpha value is -0.510. The van der Waals surface area contributed by atoms with Crippen molar-refractivity contribution in [2.75, 3.05) is 0 Å². The van der Waals surface area contributed by atoms with Gasteiger partial charge < -0.3 is 10.2 Å². The minimum absolute atomic E-state index is 0. The van der Waals surface area contributed by atoms with Crippen LogP contribution in [0.4, 0.5) is 0 Å². The van der Waals surface area contributed by atoms with E-state index in [4.69, 9.17) is 5.11 Å². The van der Waals surface area contributed by atoms with Crippen molar-refractivity contribution >= 4 is 35.5 Å². The zero-order chi connectivity index (χ0) is 10.6. The van der Waals surface area contributed by atoms with Gasteiger partial charge in [0.05, 0.1) is 0 Å². The van der Waals surface area contributed by atoms with Crippen LogP contribution in [-0.4, -0.2) is 45.7 Å². The van der Waals surface area contributed by atoms with Crippen molar-refractivity contribution in [1.29, 1.82) is 0 Å². The molecule has 0 aliphatic rings. The van der Waals surface area contributed by atoms with E-state index >= 15 is 0 Å². The number of phenols is 1. The Kier molecular flexibility index (Phi) is 6.65. The number of hydrogen-bond acceptors (Lipinski definition) is 2. The van der Waals surface area contributed by atoms with Crippen molar-refractivity contribution < 1.29 is 15.0 Å². The number of aromatic carboxylic acids is 1. The molecule has 0 saturated heterocycles. The summed E-state index contributed by atoms with van der Waals surface area (Å²) in [6.45, 7) is 2.05. The van der Waals surface area contributed by atoms with Crippen LogP contribution in [0.3, 0.4) is 0 Å². The van der Waals surface area contributed by atoms with Gasteiger partial charge in [0.1, 0.15) is 11.3 Å². The number of aromatic hydroxyl groups is 1. The average molecular weight is 218 g/mol. The van der Waals surface area contributed by atoms with Crippen molar-refractivity contribution in [1.82, 2.24) is 0 Å². The number of carboxylic acid groups (broad SMARTS) is 1. The topological polar surface area (TPSA) is 57.5 Å². The zero-order valence-corrected chi connectivity index (χ0v) is 8.16. The zero-order valence-electron chi connectivity index (χ0n) is 8.16. The maximum absolute atomic E-state index is 10.7. The molecule has 1 aromatic carbocycles. The van der Waals surface area contributed by atoms with E-state index in [0.29, 0.717) is 5.56 Å². The van der Waals surface area contributed by atoms with Crippen LogP contribution in [0.1, 0.15) is 35.7 Å². The summed E-state index contributed by atoms with van der Waals surface area (Å²) >= 11 is 0.